The van der Waals surface area contributed by atoms with Crippen molar-refractivity contribution in [2.24, 2.45) is 0 Å². The first-order valence-electron chi connectivity index (χ1n) is 6.43. The van der Waals surface area contributed by atoms with Crippen molar-refractivity contribution in [3.8, 4) is 17.0 Å². The monoisotopic (exact) mass is 314 g/mol. The molecule has 0 radical (unpaired) electrons. The van der Waals surface area contributed by atoms with Gasteiger partial charge in [-0.05, 0) is 24.3 Å². The fourth-order valence-corrected chi connectivity index (χ4v) is 2.33. The second-order valence-corrected chi connectivity index (χ2v) is 5.02. The summed E-state index contributed by atoms with van der Waals surface area (Å²) >= 11 is 5.98. The van der Waals surface area contributed by atoms with E-state index in [4.69, 9.17) is 11.6 Å². The third-order valence-corrected chi connectivity index (χ3v) is 3.45. The average Bonchev–Trinajstić information content (AvgIpc) is 2.54. The van der Waals surface area contributed by atoms with Crippen molar-refractivity contribution in [1.82, 2.24) is 9.97 Å². The fraction of sp³-hybridized carbons (Fsp3) is 0.0625. The van der Waals surface area contributed by atoms with Gasteiger partial charge in [0.05, 0.1) is 24.5 Å². The van der Waals surface area contributed by atoms with Crippen molar-refractivity contribution in [2.45, 2.75) is 0 Å². The summed E-state index contributed by atoms with van der Waals surface area (Å²) in [5.74, 6) is -0.937. The molecule has 5 nitrogen and oxygen atoms in total. The lowest BCUT2D eigenvalue weighted by molar-refractivity contribution is 0.0591. The molecule has 0 fully saturated rings. The Morgan fingerprint density at radius 3 is 2.82 bits per heavy atom. The number of ether oxygens (including phenoxy) is 1. The van der Waals surface area contributed by atoms with E-state index in [1.54, 1.807) is 24.3 Å². The van der Waals surface area contributed by atoms with Crippen molar-refractivity contribution < 1.29 is 14.6 Å². The Bertz CT molecular complexity index is 880. The SMILES string of the molecule is COC(=O)c1ncc2nc(-c3cccc(Cl)c3)ccc2c1O. The van der Waals surface area contributed by atoms with Crippen molar-refractivity contribution in [2.75, 3.05) is 7.11 Å². The molecular formula is C16H11ClN2O3. The van der Waals surface area contributed by atoms with E-state index in [9.17, 15) is 9.90 Å². The van der Waals surface area contributed by atoms with Gasteiger partial charge in [0.25, 0.3) is 0 Å². The number of fused-ring (bicyclic) bond motifs is 1. The number of benzene rings is 1. The normalized spacial score (nSPS) is 10.6. The molecule has 2 aromatic heterocycles. The molecule has 0 atom stereocenters. The van der Waals surface area contributed by atoms with Crippen LogP contribution in [0, 0.1) is 0 Å². The van der Waals surface area contributed by atoms with Crippen LogP contribution < -0.4 is 0 Å². The molecular weight excluding hydrogens is 304 g/mol. The van der Waals surface area contributed by atoms with Crippen molar-refractivity contribution >= 4 is 28.5 Å². The van der Waals surface area contributed by atoms with Gasteiger partial charge >= 0.3 is 5.97 Å². The first-order chi connectivity index (χ1) is 10.6. The number of halogens is 1. The molecule has 0 aliphatic heterocycles. The lowest BCUT2D eigenvalue weighted by Crippen LogP contribution is -2.05. The Labute approximate surface area is 131 Å². The Balaban J connectivity index is 2.14. The molecule has 0 unspecified atom stereocenters. The summed E-state index contributed by atoms with van der Waals surface area (Å²) in [6.45, 7) is 0. The third-order valence-electron chi connectivity index (χ3n) is 3.22. The number of pyridine rings is 2. The number of nitrogens with zero attached hydrogens (tertiary/aromatic N) is 2. The zero-order valence-electron chi connectivity index (χ0n) is 11.6. The maximum atomic E-state index is 11.5. The van der Waals surface area contributed by atoms with E-state index in [1.807, 2.05) is 12.1 Å². The minimum Gasteiger partial charge on any atom is -0.505 e. The van der Waals surface area contributed by atoms with Crippen LogP contribution in [0.4, 0.5) is 0 Å². The molecule has 0 aliphatic rings. The minimum atomic E-state index is -0.696. The quantitative estimate of drug-likeness (QED) is 0.733. The van der Waals surface area contributed by atoms with Crippen LogP contribution >= 0.6 is 11.6 Å². The summed E-state index contributed by atoms with van der Waals surface area (Å²) in [5, 5.41) is 11.2. The summed E-state index contributed by atoms with van der Waals surface area (Å²) in [6, 6.07) is 10.7. The molecule has 0 aliphatic carbocycles. The van der Waals surface area contributed by atoms with Crippen LogP contribution in [-0.4, -0.2) is 28.2 Å². The first kappa shape index (κ1) is 14.3. The Kier molecular flexibility index (Phi) is 3.65. The second kappa shape index (κ2) is 5.61. The molecule has 22 heavy (non-hydrogen) atoms. The van der Waals surface area contributed by atoms with Crippen LogP contribution in [0.3, 0.4) is 0 Å². The van der Waals surface area contributed by atoms with Crippen LogP contribution in [0.15, 0.2) is 42.6 Å². The Morgan fingerprint density at radius 2 is 2.09 bits per heavy atom. The van der Waals surface area contributed by atoms with Gasteiger partial charge in [0, 0.05) is 16.0 Å². The molecule has 0 amide bonds. The van der Waals surface area contributed by atoms with Gasteiger partial charge in [-0.25, -0.2) is 14.8 Å². The molecule has 1 N–H and O–H groups in total. The molecule has 110 valence electrons. The summed E-state index contributed by atoms with van der Waals surface area (Å²) in [6.07, 6.45) is 1.43. The van der Waals surface area contributed by atoms with E-state index in [0.29, 0.717) is 21.6 Å². The van der Waals surface area contributed by atoms with Gasteiger partial charge in [0.1, 0.15) is 0 Å². The fourth-order valence-electron chi connectivity index (χ4n) is 2.14. The second-order valence-electron chi connectivity index (χ2n) is 4.59. The number of hydrogen-bond acceptors (Lipinski definition) is 5. The average molecular weight is 315 g/mol. The molecule has 2 heterocycles. The van der Waals surface area contributed by atoms with E-state index >= 15 is 0 Å². The van der Waals surface area contributed by atoms with E-state index in [1.165, 1.54) is 13.3 Å². The van der Waals surface area contributed by atoms with E-state index in [-0.39, 0.29) is 11.4 Å². The number of carbonyl (C=O) groups is 1. The Hall–Kier alpha value is -2.66. The van der Waals surface area contributed by atoms with E-state index < -0.39 is 5.97 Å². The summed E-state index contributed by atoms with van der Waals surface area (Å²) < 4.78 is 4.58. The molecule has 1 aromatic carbocycles. The summed E-state index contributed by atoms with van der Waals surface area (Å²) in [5.41, 5.74) is 1.89. The van der Waals surface area contributed by atoms with Gasteiger partial charge in [0.15, 0.2) is 11.4 Å². The zero-order valence-corrected chi connectivity index (χ0v) is 12.3. The summed E-state index contributed by atoms with van der Waals surface area (Å²) in [4.78, 5) is 19.9. The highest BCUT2D eigenvalue weighted by atomic mass is 35.5. The van der Waals surface area contributed by atoms with Gasteiger partial charge in [-0.2, -0.15) is 0 Å². The van der Waals surface area contributed by atoms with Crippen LogP contribution in [0.25, 0.3) is 22.2 Å². The van der Waals surface area contributed by atoms with Gasteiger partial charge in [-0.15, -0.1) is 0 Å². The molecule has 0 saturated heterocycles. The first-order valence-corrected chi connectivity index (χ1v) is 6.81. The highest BCUT2D eigenvalue weighted by Crippen LogP contribution is 2.29. The predicted molar refractivity (Wildman–Crippen MR) is 83.0 cm³/mol. The smallest absolute Gasteiger partial charge is 0.360 e. The van der Waals surface area contributed by atoms with Gasteiger partial charge in [-0.3, -0.25) is 0 Å². The van der Waals surface area contributed by atoms with Gasteiger partial charge < -0.3 is 9.84 Å². The minimum absolute atomic E-state index is 0.132. The number of esters is 1. The highest BCUT2D eigenvalue weighted by Gasteiger charge is 2.17. The zero-order chi connectivity index (χ0) is 15.7. The van der Waals surface area contributed by atoms with Crippen molar-refractivity contribution in [1.29, 1.82) is 0 Å². The van der Waals surface area contributed by atoms with Gasteiger partial charge in [0.2, 0.25) is 0 Å². The molecule has 0 bridgehead atoms. The van der Waals surface area contributed by atoms with Crippen molar-refractivity contribution in [3.05, 3.63) is 53.3 Å². The molecule has 3 rings (SSSR count). The standard InChI is InChI=1S/C16H11ClN2O3/c1-22-16(21)14-15(20)11-5-6-12(19-13(11)8-18-14)9-3-2-4-10(17)7-9/h2-8,20H,1H3. The van der Waals surface area contributed by atoms with Crippen LogP contribution in [0.5, 0.6) is 5.75 Å². The molecule has 0 saturated carbocycles. The largest absolute Gasteiger partial charge is 0.505 e. The van der Waals surface area contributed by atoms with Gasteiger partial charge in [-0.1, -0.05) is 23.7 Å². The van der Waals surface area contributed by atoms with Crippen LogP contribution in [0.2, 0.25) is 5.02 Å². The van der Waals surface area contributed by atoms with E-state index in [0.717, 1.165) is 5.56 Å². The summed E-state index contributed by atoms with van der Waals surface area (Å²) in [7, 11) is 1.23. The number of aromatic nitrogens is 2. The van der Waals surface area contributed by atoms with Crippen LogP contribution in [-0.2, 0) is 4.74 Å². The highest BCUT2D eigenvalue weighted by molar-refractivity contribution is 6.30. The molecule has 3 aromatic rings. The maximum absolute atomic E-state index is 11.5. The lowest BCUT2D eigenvalue weighted by atomic mass is 10.1. The van der Waals surface area contributed by atoms with Crippen LogP contribution in [0.1, 0.15) is 10.5 Å². The molecule has 0 spiro atoms. The predicted octanol–water partition coefficient (Wildman–Crippen LogP) is 3.44. The van der Waals surface area contributed by atoms with Crippen molar-refractivity contribution in [3.63, 3.8) is 0 Å². The number of rotatable bonds is 2. The number of aromatic hydroxyl groups is 1. The topological polar surface area (TPSA) is 72.3 Å². The lowest BCUT2D eigenvalue weighted by Gasteiger charge is -2.07. The Morgan fingerprint density at radius 1 is 1.27 bits per heavy atom. The number of methoxy groups -OCH3 is 1. The number of hydrogen-bond donors (Lipinski definition) is 1. The maximum Gasteiger partial charge on any atom is 0.360 e. The third kappa shape index (κ3) is 2.46. The van der Waals surface area contributed by atoms with E-state index in [2.05, 4.69) is 14.7 Å². The number of carbonyl (C=O) groups excluding carboxylic acids is 1. The molecule has 6 heteroatoms.